The van der Waals surface area contributed by atoms with Gasteiger partial charge < -0.3 is 30.0 Å². The summed E-state index contributed by atoms with van der Waals surface area (Å²) in [6, 6.07) is 16.8. The Balaban J connectivity index is 0.00000817. The van der Waals surface area contributed by atoms with Crippen LogP contribution in [-0.4, -0.2) is 145 Å². The van der Waals surface area contributed by atoms with Crippen LogP contribution in [0.2, 0.25) is 0 Å². The van der Waals surface area contributed by atoms with E-state index in [2.05, 4.69) is 109 Å². The third kappa shape index (κ3) is 13.6. The Kier molecular flexibility index (Phi) is 18.9. The molecule has 2 fully saturated rings. The summed E-state index contributed by atoms with van der Waals surface area (Å²) in [5.74, 6) is -2.70. The van der Waals surface area contributed by atoms with Gasteiger partial charge in [-0.2, -0.15) is 13.0 Å². The molecule has 66 heavy (non-hydrogen) atoms. The van der Waals surface area contributed by atoms with Crippen LogP contribution in [0.4, 0.5) is 11.4 Å². The van der Waals surface area contributed by atoms with Gasteiger partial charge >= 0.3 is 0 Å². The van der Waals surface area contributed by atoms with Gasteiger partial charge in [0.2, 0.25) is 11.6 Å². The van der Waals surface area contributed by atoms with Crippen LogP contribution in [0.25, 0.3) is 0 Å². The first-order chi connectivity index (χ1) is 30.8. The van der Waals surface area contributed by atoms with Gasteiger partial charge in [0.1, 0.15) is 6.54 Å². The minimum Gasteiger partial charge on any atom is -0.549 e. The molecule has 1 aliphatic carbocycles. The molecule has 365 valence electrons. The molecule has 1 saturated heterocycles. The minimum absolute atomic E-state index is 0. The quantitative estimate of drug-likeness (QED) is 0.0734. The van der Waals surface area contributed by atoms with E-state index in [9.17, 15) is 37.6 Å². The average Bonchev–Trinajstić information content (AvgIpc) is 3.63. The van der Waals surface area contributed by atoms with Gasteiger partial charge in [0.15, 0.2) is 5.71 Å². The molecule has 14 nitrogen and oxygen atoms in total. The number of aliphatic carboxylic acids is 2. The Hall–Kier alpha value is -3.86. The summed E-state index contributed by atoms with van der Waals surface area (Å²) in [7, 11) is -4.02. The van der Waals surface area contributed by atoms with Gasteiger partial charge in [0.25, 0.3) is 10.1 Å². The fourth-order valence-electron chi connectivity index (χ4n) is 9.94. The molecule has 2 N–H and O–H groups in total. The van der Waals surface area contributed by atoms with E-state index in [4.69, 9.17) is 11.6 Å². The summed E-state index contributed by atoms with van der Waals surface area (Å²) in [5.41, 5.74) is 7.63. The smallest absolute Gasteiger partial charge is 0.264 e. The zero-order valence-electron chi connectivity index (χ0n) is 38.6. The van der Waals surface area contributed by atoms with E-state index in [1.54, 1.807) is 9.80 Å². The number of carbonyl (C=O) groups excluding carboxylic acids is 3. The number of hydrogen-bond acceptors (Lipinski definition) is 11. The van der Waals surface area contributed by atoms with Gasteiger partial charge in [-0.1, -0.05) is 68.0 Å². The molecule has 3 heterocycles. The normalized spacial score (nSPS) is 22.7. The Morgan fingerprint density at radius 3 is 2.05 bits per heavy atom. The molecule has 1 amide bonds. The van der Waals surface area contributed by atoms with Crippen LogP contribution in [0.3, 0.4) is 0 Å². The molecule has 2 unspecified atom stereocenters. The Morgan fingerprint density at radius 1 is 0.833 bits per heavy atom. The molecule has 2 aromatic carbocycles. The molecule has 2 atom stereocenters. The van der Waals surface area contributed by atoms with Crippen LogP contribution in [0, 0.1) is 5.92 Å². The van der Waals surface area contributed by atoms with Crippen LogP contribution in [0.1, 0.15) is 77.3 Å². The van der Waals surface area contributed by atoms with Crippen molar-refractivity contribution in [3.05, 3.63) is 95.2 Å². The fraction of sp³-hybridized carbons (Fsp3) is 0.551. The second-order valence-electron chi connectivity index (χ2n) is 18.9. The number of benzene rings is 2. The molecule has 1 radical (unpaired) electrons. The second kappa shape index (κ2) is 23.4. The first-order valence-corrected chi connectivity index (χ1v) is 25.0. The number of amides is 1. The number of alkyl halides is 1. The number of hydrogen-bond donors (Lipinski definition) is 2. The van der Waals surface area contributed by atoms with Crippen LogP contribution in [0.15, 0.2) is 84.1 Å². The minimum atomic E-state index is -4.02. The Bertz CT molecular complexity index is 2270. The number of halogens is 1. The first kappa shape index (κ1) is 53.1. The molecule has 0 aromatic heterocycles. The van der Waals surface area contributed by atoms with Crippen molar-refractivity contribution in [3.63, 3.8) is 0 Å². The van der Waals surface area contributed by atoms with E-state index in [1.807, 2.05) is 11.0 Å². The number of carbonyl (C=O) groups is 3. The second-order valence-corrected chi connectivity index (χ2v) is 20.9. The molecule has 0 spiro atoms. The summed E-state index contributed by atoms with van der Waals surface area (Å²) >= 11 is 7.37. The average molecular weight is 998 g/mol. The zero-order chi connectivity index (χ0) is 46.9. The summed E-state index contributed by atoms with van der Waals surface area (Å²) in [4.78, 5) is 43.6. The number of nitrogens with one attached hydrogen (secondary N) is 1. The van der Waals surface area contributed by atoms with E-state index in [-0.39, 0.29) is 70.5 Å². The molecule has 4 aliphatic rings. The predicted octanol–water partition coefficient (Wildman–Crippen LogP) is 3.23. The monoisotopic (exact) mass is 996 g/mol. The Labute approximate surface area is 406 Å². The molecule has 3 aliphatic heterocycles. The van der Waals surface area contributed by atoms with Gasteiger partial charge in [0.05, 0.1) is 35.0 Å². The van der Waals surface area contributed by atoms with E-state index in [0.717, 1.165) is 42.0 Å². The number of allylic oxidation sites excluding steroid dienone is 6. The van der Waals surface area contributed by atoms with Gasteiger partial charge in [-0.25, -0.2) is 0 Å². The van der Waals surface area contributed by atoms with Crippen LogP contribution in [-0.2, 0) is 52.4 Å². The van der Waals surface area contributed by atoms with E-state index >= 15 is 0 Å². The fourth-order valence-corrected chi connectivity index (χ4v) is 10.9. The van der Waals surface area contributed by atoms with Crippen molar-refractivity contribution in [2.24, 2.45) is 5.92 Å². The van der Waals surface area contributed by atoms with Crippen molar-refractivity contribution in [2.45, 2.75) is 82.4 Å². The summed E-state index contributed by atoms with van der Waals surface area (Å²) in [6.07, 6.45) is 13.5. The van der Waals surface area contributed by atoms with Gasteiger partial charge in [-0.15, -0.1) is 11.6 Å². The first-order valence-electron chi connectivity index (χ1n) is 23.0. The third-order valence-corrected chi connectivity index (χ3v) is 14.9. The number of carboxylic acid groups (broad SMARTS) is 2. The standard InChI is InChI=1S/C49H67ClN6O8S.Cu/c1-48(2)38-15-5-7-17-40(38)55(24-9-10-32-65(62,63)64)42(48)21-19-36-13-11-14-37(47(36)50)20-22-43-49(3,4)39-16-6-8-18-41(39)56(43)25-12-23-51-44(57)33-52-26-28-53(34-45(58)59)30-31-54(29-27-52)35-46(60)61;/h5-8,15-22,36,47H,9-14,23-35H2,1-4H3,(H3-,51,57,58,59,60,61,62,63,64);/p-1/b21-19+,37-20+,43-22+;. The molecular weight excluding hydrogens is 932 g/mol. The van der Waals surface area contributed by atoms with Crippen LogP contribution in [0.5, 0.6) is 0 Å². The number of para-hydroxylation sites is 2. The van der Waals surface area contributed by atoms with E-state index < -0.39 is 22.1 Å². The van der Waals surface area contributed by atoms with Crippen molar-refractivity contribution in [1.82, 2.24) is 20.0 Å². The molecule has 17 heteroatoms. The van der Waals surface area contributed by atoms with Crippen LogP contribution >= 0.6 is 11.6 Å². The molecule has 0 bridgehead atoms. The maximum atomic E-state index is 13.2. The zero-order valence-corrected chi connectivity index (χ0v) is 41.2. The summed E-state index contributed by atoms with van der Waals surface area (Å²) in [6.45, 7) is 12.7. The Morgan fingerprint density at radius 2 is 1.42 bits per heavy atom. The number of rotatable bonds is 18. The molecule has 1 saturated carbocycles. The van der Waals surface area contributed by atoms with Crippen molar-refractivity contribution < 1.29 is 59.2 Å². The van der Waals surface area contributed by atoms with Crippen molar-refractivity contribution in [3.8, 4) is 0 Å². The number of anilines is 1. The predicted molar refractivity (Wildman–Crippen MR) is 251 cm³/mol. The van der Waals surface area contributed by atoms with E-state index in [0.29, 0.717) is 78.2 Å². The molecule has 6 rings (SSSR count). The van der Waals surface area contributed by atoms with Gasteiger partial charge in [0, 0.05) is 123 Å². The number of carboxylic acids is 2. The van der Waals surface area contributed by atoms with Crippen LogP contribution < -0.4 is 20.4 Å². The van der Waals surface area contributed by atoms with Gasteiger partial charge in [-0.05, 0) is 69.6 Å². The largest absolute Gasteiger partial charge is 0.549 e. The third-order valence-electron chi connectivity index (χ3n) is 13.5. The SMILES string of the molecule is CC1(C)C(/C=C/C2CCC/C(=C\C=C3\N(CCCNC(=O)CN4CCN(CC(=O)[O-])CCN(CC(=O)[O-])CC4)c4ccccc4C3(C)C)C2Cl)=[N+](CCCCS(=O)(=O)O)c2ccccc21.[Cu]. The van der Waals surface area contributed by atoms with Crippen molar-refractivity contribution in [1.29, 1.82) is 0 Å². The van der Waals surface area contributed by atoms with Gasteiger partial charge in [-0.3, -0.25) is 24.0 Å². The number of unbranched alkanes of at least 4 members (excludes halogenated alkanes) is 1. The maximum absolute atomic E-state index is 13.2. The number of nitrogens with zero attached hydrogens (tertiary/aromatic N) is 5. The molecule has 2 aromatic rings. The number of fused-ring (bicyclic) bond motifs is 2. The molecular formula is C49H66ClCuN6O8S-. The van der Waals surface area contributed by atoms with E-state index in [1.165, 1.54) is 16.7 Å². The van der Waals surface area contributed by atoms with Crippen molar-refractivity contribution in [2.75, 3.05) is 89.2 Å². The maximum Gasteiger partial charge on any atom is 0.264 e. The summed E-state index contributed by atoms with van der Waals surface area (Å²) in [5, 5.41) is 25.6. The van der Waals surface area contributed by atoms with Crippen molar-refractivity contribution >= 4 is 56.7 Å². The topological polar surface area (TPSA) is 180 Å². The summed E-state index contributed by atoms with van der Waals surface area (Å²) < 4.78 is 34.4.